The number of sulfone groups is 1. The molecule has 0 aliphatic rings. The first-order valence-electron chi connectivity index (χ1n) is 8.29. The van der Waals surface area contributed by atoms with Crippen molar-refractivity contribution in [2.24, 2.45) is 0 Å². The van der Waals surface area contributed by atoms with Crippen LogP contribution in [0.2, 0.25) is 0 Å². The summed E-state index contributed by atoms with van der Waals surface area (Å²) in [6.45, 7) is 0. The average molecular weight is 401 g/mol. The highest BCUT2D eigenvalue weighted by Crippen LogP contribution is 2.31. The van der Waals surface area contributed by atoms with Crippen LogP contribution < -0.4 is 9.47 Å². The number of esters is 1. The van der Waals surface area contributed by atoms with Gasteiger partial charge >= 0.3 is 5.97 Å². The Labute approximate surface area is 162 Å². The van der Waals surface area contributed by atoms with Crippen LogP contribution in [0.25, 0.3) is 10.9 Å². The first kappa shape index (κ1) is 19.6. The highest BCUT2D eigenvalue weighted by atomic mass is 32.2. The number of fused-ring (bicyclic) bond motifs is 1. The average Bonchev–Trinajstić information content (AvgIpc) is 2.71. The molecule has 1 heterocycles. The second kappa shape index (κ2) is 7.85. The molecular weight excluding hydrogens is 382 g/mol. The molecule has 3 aromatic rings. The fraction of sp³-hybridized carbons (Fsp3) is 0.200. The molecule has 7 nitrogen and oxygen atoms in total. The van der Waals surface area contributed by atoms with Gasteiger partial charge in [-0.2, -0.15) is 0 Å². The maximum Gasteiger partial charge on any atom is 0.337 e. The predicted octanol–water partition coefficient (Wildman–Crippen LogP) is 3.01. The molecule has 8 heteroatoms. The normalized spacial score (nSPS) is 11.2. The monoisotopic (exact) mass is 401 g/mol. The van der Waals surface area contributed by atoms with Gasteiger partial charge in [-0.25, -0.2) is 13.2 Å². The summed E-state index contributed by atoms with van der Waals surface area (Å²) >= 11 is 0. The van der Waals surface area contributed by atoms with E-state index in [9.17, 15) is 13.2 Å². The maximum absolute atomic E-state index is 13.0. The molecule has 0 bridgehead atoms. The summed E-state index contributed by atoms with van der Waals surface area (Å²) < 4.78 is 41.0. The van der Waals surface area contributed by atoms with E-state index in [4.69, 9.17) is 14.2 Å². The quantitative estimate of drug-likeness (QED) is 0.586. The zero-order valence-electron chi connectivity index (χ0n) is 15.6. The number of hydrogen-bond acceptors (Lipinski definition) is 7. The van der Waals surface area contributed by atoms with E-state index in [1.807, 2.05) is 0 Å². The lowest BCUT2D eigenvalue weighted by Crippen LogP contribution is -2.08. The number of ether oxygens (including phenoxy) is 3. The molecule has 0 N–H and O–H groups in total. The second-order valence-corrected chi connectivity index (χ2v) is 7.98. The van der Waals surface area contributed by atoms with Crippen molar-refractivity contribution in [2.45, 2.75) is 10.6 Å². The lowest BCUT2D eigenvalue weighted by molar-refractivity contribution is 0.0601. The van der Waals surface area contributed by atoms with Crippen LogP contribution in [0.15, 0.2) is 53.6 Å². The van der Waals surface area contributed by atoms with E-state index < -0.39 is 15.8 Å². The van der Waals surface area contributed by atoms with Crippen molar-refractivity contribution in [3.05, 3.63) is 59.8 Å². The molecule has 28 heavy (non-hydrogen) atoms. The van der Waals surface area contributed by atoms with E-state index in [2.05, 4.69) is 4.98 Å². The van der Waals surface area contributed by atoms with Gasteiger partial charge in [0.15, 0.2) is 9.84 Å². The minimum Gasteiger partial charge on any atom is -0.497 e. The summed E-state index contributed by atoms with van der Waals surface area (Å²) in [4.78, 5) is 16.1. The van der Waals surface area contributed by atoms with Crippen LogP contribution in [0.3, 0.4) is 0 Å². The Balaban J connectivity index is 2.00. The summed E-state index contributed by atoms with van der Waals surface area (Å²) in [5, 5.41) is 0.646. The topological polar surface area (TPSA) is 91.8 Å². The Morgan fingerprint density at radius 1 is 1.00 bits per heavy atom. The number of hydrogen-bond donors (Lipinski definition) is 0. The molecule has 0 unspecified atom stereocenters. The van der Waals surface area contributed by atoms with Crippen LogP contribution in [0.4, 0.5) is 0 Å². The van der Waals surface area contributed by atoms with Crippen molar-refractivity contribution in [2.75, 3.05) is 21.3 Å². The van der Waals surface area contributed by atoms with Crippen LogP contribution in [0, 0.1) is 0 Å². The molecule has 3 rings (SSSR count). The van der Waals surface area contributed by atoms with E-state index in [1.54, 1.807) is 36.4 Å². The number of rotatable bonds is 6. The Morgan fingerprint density at radius 3 is 2.46 bits per heavy atom. The van der Waals surface area contributed by atoms with Crippen molar-refractivity contribution in [1.29, 1.82) is 0 Å². The van der Waals surface area contributed by atoms with Crippen LogP contribution in [-0.2, 0) is 20.3 Å². The molecule has 0 aliphatic heterocycles. The number of aromatic nitrogens is 1. The van der Waals surface area contributed by atoms with Gasteiger partial charge in [-0.1, -0.05) is 0 Å². The van der Waals surface area contributed by atoms with Gasteiger partial charge in [-0.15, -0.1) is 0 Å². The number of methoxy groups -OCH3 is 3. The van der Waals surface area contributed by atoms with Gasteiger partial charge in [0, 0.05) is 17.6 Å². The summed E-state index contributed by atoms with van der Waals surface area (Å²) in [5.74, 6) is -0.0932. The Morgan fingerprint density at radius 2 is 1.79 bits per heavy atom. The van der Waals surface area contributed by atoms with E-state index in [0.717, 1.165) is 0 Å². The third kappa shape index (κ3) is 3.91. The highest BCUT2D eigenvalue weighted by molar-refractivity contribution is 7.90. The molecule has 1 aromatic heterocycles. The van der Waals surface area contributed by atoms with E-state index in [1.165, 1.54) is 33.6 Å². The van der Waals surface area contributed by atoms with Crippen LogP contribution in [0.1, 0.15) is 15.9 Å². The number of carbonyl (C=O) groups is 1. The molecule has 0 aliphatic carbocycles. The molecule has 0 amide bonds. The Bertz CT molecular complexity index is 1140. The number of benzene rings is 2. The predicted molar refractivity (Wildman–Crippen MR) is 104 cm³/mol. The molecular formula is C20H19NO6S. The van der Waals surface area contributed by atoms with E-state index >= 15 is 0 Å². The molecule has 0 spiro atoms. The molecule has 2 aromatic carbocycles. The molecule has 0 radical (unpaired) electrons. The van der Waals surface area contributed by atoms with Crippen molar-refractivity contribution < 1.29 is 27.4 Å². The third-order valence-corrected chi connectivity index (χ3v) is 5.92. The van der Waals surface area contributed by atoms with Gasteiger partial charge in [0.25, 0.3) is 0 Å². The van der Waals surface area contributed by atoms with Crippen LogP contribution in [-0.4, -0.2) is 40.7 Å². The smallest absolute Gasteiger partial charge is 0.337 e. The summed E-state index contributed by atoms with van der Waals surface area (Å²) in [6.07, 6.45) is 1.50. The van der Waals surface area contributed by atoms with Crippen LogP contribution in [0.5, 0.6) is 11.5 Å². The largest absolute Gasteiger partial charge is 0.497 e. The highest BCUT2D eigenvalue weighted by Gasteiger charge is 2.22. The number of nitrogens with zero attached hydrogens (tertiary/aromatic N) is 1. The van der Waals surface area contributed by atoms with Gasteiger partial charge in [-0.3, -0.25) is 4.98 Å². The van der Waals surface area contributed by atoms with Crippen molar-refractivity contribution in [3.63, 3.8) is 0 Å². The summed E-state index contributed by atoms with van der Waals surface area (Å²) in [6, 6.07) is 11.2. The van der Waals surface area contributed by atoms with Crippen molar-refractivity contribution in [3.8, 4) is 11.5 Å². The third-order valence-electron chi connectivity index (χ3n) is 4.22. The first-order valence-corrected chi connectivity index (χ1v) is 9.95. The number of carbonyl (C=O) groups excluding carboxylic acids is 1. The van der Waals surface area contributed by atoms with Gasteiger partial charge in [0.1, 0.15) is 16.4 Å². The summed E-state index contributed by atoms with van der Waals surface area (Å²) in [5.41, 5.74) is 1.50. The standard InChI is InChI=1S/C20H19NO6S/c1-25-16-5-7-18(26-2)19(10-16)28(23,24)12-13-8-15-9-14(20(22)27-3)4-6-17(15)21-11-13/h4-11H,12H2,1-3H3. The van der Waals surface area contributed by atoms with Crippen molar-refractivity contribution in [1.82, 2.24) is 4.98 Å². The van der Waals surface area contributed by atoms with Crippen LogP contribution >= 0.6 is 0 Å². The Kier molecular flexibility index (Phi) is 5.51. The fourth-order valence-electron chi connectivity index (χ4n) is 2.83. The zero-order chi connectivity index (χ0) is 20.3. The molecule has 0 saturated carbocycles. The second-order valence-electron chi connectivity index (χ2n) is 6.02. The van der Waals surface area contributed by atoms with Gasteiger partial charge in [0.2, 0.25) is 0 Å². The van der Waals surface area contributed by atoms with Gasteiger partial charge in [-0.05, 0) is 42.0 Å². The fourth-order valence-corrected chi connectivity index (χ4v) is 4.33. The maximum atomic E-state index is 13.0. The lowest BCUT2D eigenvalue weighted by atomic mass is 10.1. The molecule has 0 atom stereocenters. The van der Waals surface area contributed by atoms with E-state index in [0.29, 0.717) is 27.8 Å². The van der Waals surface area contributed by atoms with Gasteiger partial charge in [0.05, 0.1) is 38.2 Å². The van der Waals surface area contributed by atoms with Gasteiger partial charge < -0.3 is 14.2 Å². The van der Waals surface area contributed by atoms with Crippen molar-refractivity contribution >= 4 is 26.7 Å². The Hall–Kier alpha value is -3.13. The lowest BCUT2D eigenvalue weighted by Gasteiger charge is -2.11. The molecule has 146 valence electrons. The zero-order valence-corrected chi connectivity index (χ0v) is 16.4. The summed E-state index contributed by atoms with van der Waals surface area (Å²) in [7, 11) is 0.448. The molecule has 0 fully saturated rings. The molecule has 0 saturated heterocycles. The first-order chi connectivity index (χ1) is 13.4. The SMILES string of the molecule is COC(=O)c1ccc2ncc(CS(=O)(=O)c3cc(OC)ccc3OC)cc2c1. The van der Waals surface area contributed by atoms with E-state index in [-0.39, 0.29) is 16.4 Å². The number of pyridine rings is 1. The minimum absolute atomic E-state index is 0.0396. The minimum atomic E-state index is -3.73.